The fourth-order valence-corrected chi connectivity index (χ4v) is 4.29. The van der Waals surface area contributed by atoms with E-state index >= 15 is 0 Å². The summed E-state index contributed by atoms with van der Waals surface area (Å²) >= 11 is 3.45. The molecule has 2 aliphatic rings. The Hall–Kier alpha value is -3.19. The van der Waals surface area contributed by atoms with E-state index in [0.717, 1.165) is 15.6 Å². The van der Waals surface area contributed by atoms with Gasteiger partial charge in [0.25, 0.3) is 5.56 Å². The third-order valence-electron chi connectivity index (χ3n) is 4.94. The highest BCUT2D eigenvalue weighted by atomic mass is 79.9. The number of Topliss-reactive ketones (excluding diaryl/α,β-unsaturated/α-hetero) is 1. The maximum Gasteiger partial charge on any atom is 0.327 e. The van der Waals surface area contributed by atoms with Gasteiger partial charge in [-0.3, -0.25) is 19.6 Å². The Morgan fingerprint density at radius 1 is 0.889 bits per heavy atom. The van der Waals surface area contributed by atoms with Crippen LogP contribution >= 0.6 is 15.9 Å². The van der Waals surface area contributed by atoms with E-state index in [2.05, 4.69) is 31.2 Å². The molecule has 0 fully saturated rings. The van der Waals surface area contributed by atoms with Gasteiger partial charge in [-0.2, -0.15) is 0 Å². The van der Waals surface area contributed by atoms with Gasteiger partial charge in [0.15, 0.2) is 5.78 Å². The highest BCUT2D eigenvalue weighted by Crippen LogP contribution is 2.47. The first-order valence-electron chi connectivity index (χ1n) is 8.32. The van der Waals surface area contributed by atoms with Crippen LogP contribution in [0.4, 0.5) is 5.82 Å². The van der Waals surface area contributed by atoms with Gasteiger partial charge in [-0.15, -0.1) is 0 Å². The van der Waals surface area contributed by atoms with Gasteiger partial charge in [0.05, 0.1) is 11.3 Å². The number of nitrogens with one attached hydrogen (secondary N) is 3. The van der Waals surface area contributed by atoms with Gasteiger partial charge < -0.3 is 5.32 Å². The number of anilines is 1. The predicted molar refractivity (Wildman–Crippen MR) is 105 cm³/mol. The molecular formula is C20H12BrN3O3. The van der Waals surface area contributed by atoms with E-state index < -0.39 is 17.2 Å². The lowest BCUT2D eigenvalue weighted by Crippen LogP contribution is -2.33. The van der Waals surface area contributed by atoms with Crippen molar-refractivity contribution in [3.05, 3.63) is 102 Å². The van der Waals surface area contributed by atoms with Crippen molar-refractivity contribution in [1.82, 2.24) is 9.97 Å². The van der Waals surface area contributed by atoms with E-state index in [1.54, 1.807) is 6.07 Å². The molecule has 3 N–H and O–H groups in total. The number of fused-ring (bicyclic) bond motifs is 3. The summed E-state index contributed by atoms with van der Waals surface area (Å²) in [6, 6.07) is 14.8. The van der Waals surface area contributed by atoms with Crippen molar-refractivity contribution in [2.75, 3.05) is 5.32 Å². The Morgan fingerprint density at radius 3 is 2.44 bits per heavy atom. The second kappa shape index (κ2) is 5.65. The average Bonchev–Trinajstić information content (AvgIpc) is 2.92. The van der Waals surface area contributed by atoms with Crippen LogP contribution in [0.3, 0.4) is 0 Å². The van der Waals surface area contributed by atoms with E-state index in [4.69, 9.17) is 0 Å². The van der Waals surface area contributed by atoms with Crippen LogP contribution in [0, 0.1) is 0 Å². The van der Waals surface area contributed by atoms with Crippen LogP contribution in [-0.4, -0.2) is 15.8 Å². The minimum absolute atomic E-state index is 0.116. The van der Waals surface area contributed by atoms with Gasteiger partial charge in [-0.25, -0.2) is 4.79 Å². The second-order valence-electron chi connectivity index (χ2n) is 6.47. The summed E-state index contributed by atoms with van der Waals surface area (Å²) in [6.07, 6.45) is 0. The lowest BCUT2D eigenvalue weighted by Gasteiger charge is -2.27. The molecule has 27 heavy (non-hydrogen) atoms. The maximum atomic E-state index is 13.2. The number of hydrogen-bond donors (Lipinski definition) is 3. The topological polar surface area (TPSA) is 94.8 Å². The number of aromatic nitrogens is 2. The number of rotatable bonds is 1. The molecule has 1 aromatic heterocycles. The SMILES string of the molecule is O=C1C2=C(Nc3[nH]c(=O)[nH]c(=O)c3C2c2cccc(Br)c2)c2ccccc21. The molecule has 2 heterocycles. The summed E-state index contributed by atoms with van der Waals surface area (Å²) in [5, 5.41) is 3.11. The van der Waals surface area contributed by atoms with Crippen LogP contribution in [0.1, 0.15) is 33.0 Å². The Bertz CT molecular complexity index is 1290. The van der Waals surface area contributed by atoms with E-state index in [1.807, 2.05) is 42.5 Å². The molecule has 3 aromatic rings. The first-order valence-corrected chi connectivity index (χ1v) is 9.11. The number of H-pyrrole nitrogens is 2. The molecule has 1 aliphatic carbocycles. The summed E-state index contributed by atoms with van der Waals surface area (Å²) in [5.41, 5.74) is 2.51. The molecule has 0 bridgehead atoms. The van der Waals surface area contributed by atoms with Crippen molar-refractivity contribution < 1.29 is 4.79 Å². The van der Waals surface area contributed by atoms with E-state index in [9.17, 15) is 14.4 Å². The quantitative estimate of drug-likeness (QED) is 0.562. The second-order valence-corrected chi connectivity index (χ2v) is 7.39. The Balaban J connectivity index is 1.86. The molecule has 6 nitrogen and oxygen atoms in total. The van der Waals surface area contributed by atoms with Crippen molar-refractivity contribution in [3.8, 4) is 0 Å². The smallest absolute Gasteiger partial charge is 0.327 e. The Morgan fingerprint density at radius 2 is 1.67 bits per heavy atom. The van der Waals surface area contributed by atoms with Gasteiger partial charge in [0.2, 0.25) is 0 Å². The van der Waals surface area contributed by atoms with Gasteiger partial charge in [-0.05, 0) is 17.7 Å². The molecule has 0 radical (unpaired) electrons. The number of halogens is 1. The lowest BCUT2D eigenvalue weighted by molar-refractivity contribution is 0.103. The molecule has 1 atom stereocenters. The molecule has 1 aliphatic heterocycles. The third-order valence-corrected chi connectivity index (χ3v) is 5.44. The van der Waals surface area contributed by atoms with E-state index in [0.29, 0.717) is 28.2 Å². The summed E-state index contributed by atoms with van der Waals surface area (Å²) in [4.78, 5) is 42.6. The lowest BCUT2D eigenvalue weighted by atomic mass is 9.82. The third kappa shape index (κ3) is 2.28. The molecule has 2 aromatic carbocycles. The van der Waals surface area contributed by atoms with Gasteiger partial charge >= 0.3 is 5.69 Å². The van der Waals surface area contributed by atoms with Crippen LogP contribution in [0.5, 0.6) is 0 Å². The van der Waals surface area contributed by atoms with Crippen LogP contribution in [0.2, 0.25) is 0 Å². The van der Waals surface area contributed by atoms with Crippen LogP contribution in [0.15, 0.2) is 68.2 Å². The summed E-state index contributed by atoms with van der Waals surface area (Å²) < 4.78 is 0.839. The van der Waals surface area contributed by atoms with E-state index in [-0.39, 0.29) is 5.78 Å². The first-order chi connectivity index (χ1) is 13.0. The van der Waals surface area contributed by atoms with Crippen molar-refractivity contribution in [1.29, 1.82) is 0 Å². The Labute approximate surface area is 161 Å². The highest BCUT2D eigenvalue weighted by Gasteiger charge is 2.41. The van der Waals surface area contributed by atoms with Gasteiger partial charge in [0.1, 0.15) is 5.82 Å². The monoisotopic (exact) mass is 421 g/mol. The molecule has 5 rings (SSSR count). The summed E-state index contributed by atoms with van der Waals surface area (Å²) in [6.45, 7) is 0. The fraction of sp³-hybridized carbons (Fsp3) is 0.0500. The minimum atomic E-state index is -0.596. The van der Waals surface area contributed by atoms with Crippen LogP contribution in [-0.2, 0) is 0 Å². The molecule has 0 saturated carbocycles. The van der Waals surface area contributed by atoms with Crippen molar-refractivity contribution in [3.63, 3.8) is 0 Å². The molecule has 7 heteroatoms. The fourth-order valence-electron chi connectivity index (χ4n) is 3.87. The molecule has 1 unspecified atom stereocenters. The number of aromatic amines is 2. The standard InChI is InChI=1S/C20H12BrN3O3/c21-10-5-3-4-9(8-10)13-14-16(11-6-1-2-7-12(11)17(14)25)22-18-15(13)19(26)24-20(27)23-18/h1-8,13H,(H3,22,23,24,26,27). The highest BCUT2D eigenvalue weighted by molar-refractivity contribution is 9.10. The number of hydrogen-bond acceptors (Lipinski definition) is 4. The number of allylic oxidation sites excluding steroid dienone is 1. The predicted octanol–water partition coefficient (Wildman–Crippen LogP) is 2.99. The zero-order chi connectivity index (χ0) is 18.7. The van der Waals surface area contributed by atoms with Crippen molar-refractivity contribution >= 4 is 33.2 Å². The number of carbonyl (C=O) groups is 1. The van der Waals surface area contributed by atoms with Gasteiger partial charge in [-0.1, -0.05) is 52.3 Å². The number of carbonyl (C=O) groups excluding carboxylic acids is 1. The summed E-state index contributed by atoms with van der Waals surface area (Å²) in [5.74, 6) is -0.388. The average molecular weight is 422 g/mol. The van der Waals surface area contributed by atoms with E-state index in [1.165, 1.54) is 0 Å². The molecule has 132 valence electrons. The normalized spacial score (nSPS) is 17.2. The van der Waals surface area contributed by atoms with Gasteiger partial charge in [0, 0.05) is 27.1 Å². The first kappa shape index (κ1) is 16.0. The van der Waals surface area contributed by atoms with Crippen LogP contribution < -0.4 is 16.6 Å². The molecule has 0 spiro atoms. The van der Waals surface area contributed by atoms with Crippen LogP contribution in [0.25, 0.3) is 5.70 Å². The molecular weight excluding hydrogens is 410 g/mol. The Kier molecular flexibility index (Phi) is 3.35. The largest absolute Gasteiger partial charge is 0.340 e. The molecule has 0 amide bonds. The van der Waals surface area contributed by atoms with Crippen molar-refractivity contribution in [2.24, 2.45) is 0 Å². The van der Waals surface area contributed by atoms with Crippen molar-refractivity contribution in [2.45, 2.75) is 5.92 Å². The maximum absolute atomic E-state index is 13.2. The number of ketones is 1. The zero-order valence-electron chi connectivity index (χ0n) is 13.8. The summed E-state index contributed by atoms with van der Waals surface area (Å²) in [7, 11) is 0. The minimum Gasteiger partial charge on any atom is -0.340 e. The molecule has 0 saturated heterocycles. The number of benzene rings is 2. The zero-order valence-corrected chi connectivity index (χ0v) is 15.4.